The molecule has 0 saturated carbocycles. The SMILES string of the molecule is Cc1ccc(O)c([C@H](c2cccs2)N2CCNCC2)c1.Cl.Cl. The third-order valence-corrected chi connectivity index (χ3v) is 4.73. The quantitative estimate of drug-likeness (QED) is 0.877. The second kappa shape index (κ2) is 8.75. The van der Waals surface area contributed by atoms with E-state index >= 15 is 0 Å². The number of hydrogen-bond acceptors (Lipinski definition) is 4. The first-order valence-corrected chi connectivity index (χ1v) is 7.91. The highest BCUT2D eigenvalue weighted by atomic mass is 35.5. The van der Waals surface area contributed by atoms with Gasteiger partial charge in [-0.1, -0.05) is 23.8 Å². The zero-order valence-corrected chi connectivity index (χ0v) is 14.9. The van der Waals surface area contributed by atoms with Crippen molar-refractivity contribution in [1.82, 2.24) is 10.2 Å². The molecule has 1 fully saturated rings. The van der Waals surface area contributed by atoms with Crippen LogP contribution in [0.1, 0.15) is 22.0 Å². The number of aromatic hydroxyl groups is 1. The molecule has 1 saturated heterocycles. The van der Waals surface area contributed by atoms with E-state index in [0.29, 0.717) is 5.75 Å². The fraction of sp³-hybridized carbons (Fsp3) is 0.375. The van der Waals surface area contributed by atoms with E-state index in [1.165, 1.54) is 10.4 Å². The molecule has 0 amide bonds. The zero-order chi connectivity index (χ0) is 13.9. The Morgan fingerprint density at radius 3 is 2.55 bits per heavy atom. The van der Waals surface area contributed by atoms with E-state index in [9.17, 15) is 5.11 Å². The molecule has 2 heterocycles. The van der Waals surface area contributed by atoms with Crippen LogP contribution in [-0.4, -0.2) is 36.2 Å². The van der Waals surface area contributed by atoms with Crippen molar-refractivity contribution < 1.29 is 5.11 Å². The second-order valence-corrected chi connectivity index (χ2v) is 6.25. The minimum Gasteiger partial charge on any atom is -0.508 e. The Kier molecular flexibility index (Phi) is 7.66. The number of thiophene rings is 1. The maximum Gasteiger partial charge on any atom is 0.120 e. The molecule has 2 N–H and O–H groups in total. The van der Waals surface area contributed by atoms with Gasteiger partial charge in [-0.2, -0.15) is 0 Å². The molecule has 3 rings (SSSR count). The standard InChI is InChI=1S/C16H20N2OS.2ClH/c1-12-4-5-14(19)13(11-12)16(15-3-2-10-20-15)18-8-6-17-7-9-18;;/h2-5,10-11,16-17,19H,6-9H2,1H3;2*1H/t16-;;/m1../s1. The number of phenols is 1. The summed E-state index contributed by atoms with van der Waals surface area (Å²) < 4.78 is 0. The first kappa shape index (κ1) is 19.3. The van der Waals surface area contributed by atoms with Gasteiger partial charge in [0.1, 0.15) is 5.75 Å². The number of rotatable bonds is 3. The summed E-state index contributed by atoms with van der Waals surface area (Å²) in [5.74, 6) is 0.396. The van der Waals surface area contributed by atoms with Crippen molar-refractivity contribution in [1.29, 1.82) is 0 Å². The third-order valence-electron chi connectivity index (χ3n) is 3.81. The van der Waals surface area contributed by atoms with Gasteiger partial charge in [0.25, 0.3) is 0 Å². The molecule has 0 unspecified atom stereocenters. The Morgan fingerprint density at radius 2 is 1.91 bits per heavy atom. The fourth-order valence-electron chi connectivity index (χ4n) is 2.81. The Hall–Kier alpha value is -0.780. The van der Waals surface area contributed by atoms with E-state index < -0.39 is 0 Å². The lowest BCUT2D eigenvalue weighted by Crippen LogP contribution is -2.45. The predicted octanol–water partition coefficient (Wildman–Crippen LogP) is 3.60. The van der Waals surface area contributed by atoms with Crippen molar-refractivity contribution in [2.45, 2.75) is 13.0 Å². The lowest BCUT2D eigenvalue weighted by Gasteiger charge is -2.35. The number of aryl methyl sites for hydroxylation is 1. The van der Waals surface area contributed by atoms with E-state index in [1.54, 1.807) is 11.3 Å². The minimum absolute atomic E-state index is 0. The first-order chi connectivity index (χ1) is 9.75. The summed E-state index contributed by atoms with van der Waals surface area (Å²) in [4.78, 5) is 3.75. The second-order valence-electron chi connectivity index (χ2n) is 5.27. The van der Waals surface area contributed by atoms with Crippen LogP contribution in [0.4, 0.5) is 0 Å². The molecule has 0 aliphatic carbocycles. The van der Waals surface area contributed by atoms with Gasteiger partial charge in [0.05, 0.1) is 6.04 Å². The number of piperazine rings is 1. The number of nitrogens with one attached hydrogen (secondary N) is 1. The van der Waals surface area contributed by atoms with Crippen LogP contribution in [0.3, 0.4) is 0 Å². The van der Waals surface area contributed by atoms with Crippen molar-refractivity contribution in [2.24, 2.45) is 0 Å². The molecule has 1 aliphatic rings. The third kappa shape index (κ3) is 4.15. The van der Waals surface area contributed by atoms with Gasteiger partial charge < -0.3 is 10.4 Å². The van der Waals surface area contributed by atoms with Crippen LogP contribution in [0, 0.1) is 6.92 Å². The zero-order valence-electron chi connectivity index (χ0n) is 12.5. The van der Waals surface area contributed by atoms with Crippen molar-refractivity contribution in [3.63, 3.8) is 0 Å². The highest BCUT2D eigenvalue weighted by molar-refractivity contribution is 7.10. The summed E-state index contributed by atoms with van der Waals surface area (Å²) in [6.07, 6.45) is 0. The molecule has 0 bridgehead atoms. The van der Waals surface area contributed by atoms with Crippen LogP contribution < -0.4 is 5.32 Å². The molecule has 22 heavy (non-hydrogen) atoms. The molecule has 0 radical (unpaired) electrons. The minimum atomic E-state index is 0. The summed E-state index contributed by atoms with van der Waals surface area (Å²) in [5.41, 5.74) is 2.21. The van der Waals surface area contributed by atoms with E-state index in [-0.39, 0.29) is 30.9 Å². The number of phenolic OH excluding ortho intramolecular Hbond substituents is 1. The Balaban J connectivity index is 0.00000121. The van der Waals surface area contributed by atoms with Crippen molar-refractivity contribution >= 4 is 36.2 Å². The fourth-order valence-corrected chi connectivity index (χ4v) is 3.69. The summed E-state index contributed by atoms with van der Waals surface area (Å²) in [6, 6.07) is 10.3. The number of halogens is 2. The maximum atomic E-state index is 10.3. The lowest BCUT2D eigenvalue weighted by molar-refractivity contribution is 0.198. The molecule has 122 valence electrons. The molecule has 1 aromatic heterocycles. The topological polar surface area (TPSA) is 35.5 Å². The van der Waals surface area contributed by atoms with Crippen LogP contribution in [0.2, 0.25) is 0 Å². The van der Waals surface area contributed by atoms with Gasteiger partial charge in [-0.05, 0) is 24.4 Å². The normalized spacial score (nSPS) is 16.4. The van der Waals surface area contributed by atoms with E-state index in [2.05, 4.69) is 40.7 Å². The molecular weight excluding hydrogens is 339 g/mol. The molecule has 3 nitrogen and oxygen atoms in total. The Morgan fingerprint density at radius 1 is 1.18 bits per heavy atom. The van der Waals surface area contributed by atoms with Gasteiger partial charge in [-0.3, -0.25) is 4.90 Å². The molecule has 1 aromatic carbocycles. The molecule has 1 atom stereocenters. The number of nitrogens with zero attached hydrogens (tertiary/aromatic N) is 1. The van der Waals surface area contributed by atoms with Crippen LogP contribution >= 0.6 is 36.2 Å². The summed E-state index contributed by atoms with van der Waals surface area (Å²) in [6.45, 7) is 6.11. The van der Waals surface area contributed by atoms with E-state index in [1.807, 2.05) is 12.1 Å². The average molecular weight is 361 g/mol. The number of benzene rings is 1. The van der Waals surface area contributed by atoms with Gasteiger partial charge >= 0.3 is 0 Å². The average Bonchev–Trinajstić information content (AvgIpc) is 2.98. The molecule has 2 aromatic rings. The van der Waals surface area contributed by atoms with Gasteiger partial charge in [-0.15, -0.1) is 36.2 Å². The van der Waals surface area contributed by atoms with Gasteiger partial charge in [0, 0.05) is 36.6 Å². The highest BCUT2D eigenvalue weighted by Crippen LogP contribution is 2.36. The Bertz CT molecular complexity index is 572. The van der Waals surface area contributed by atoms with Crippen LogP contribution in [0.15, 0.2) is 35.7 Å². The Labute approximate surface area is 148 Å². The van der Waals surface area contributed by atoms with Crippen LogP contribution in [-0.2, 0) is 0 Å². The summed E-state index contributed by atoms with van der Waals surface area (Å²) in [5, 5.41) is 15.8. The number of hydrogen-bond donors (Lipinski definition) is 2. The first-order valence-electron chi connectivity index (χ1n) is 7.03. The van der Waals surface area contributed by atoms with Gasteiger partial charge in [-0.25, -0.2) is 0 Å². The van der Waals surface area contributed by atoms with Crippen molar-refractivity contribution in [3.05, 3.63) is 51.7 Å². The van der Waals surface area contributed by atoms with Crippen LogP contribution in [0.5, 0.6) is 5.75 Å². The highest BCUT2D eigenvalue weighted by Gasteiger charge is 2.26. The van der Waals surface area contributed by atoms with E-state index in [4.69, 9.17) is 0 Å². The van der Waals surface area contributed by atoms with E-state index in [0.717, 1.165) is 31.7 Å². The van der Waals surface area contributed by atoms with Gasteiger partial charge in [0.15, 0.2) is 0 Å². The molecule has 6 heteroatoms. The monoisotopic (exact) mass is 360 g/mol. The van der Waals surface area contributed by atoms with Crippen molar-refractivity contribution in [2.75, 3.05) is 26.2 Å². The molecular formula is C16H22Cl2N2OS. The molecule has 0 spiro atoms. The van der Waals surface area contributed by atoms with Crippen LogP contribution in [0.25, 0.3) is 0 Å². The summed E-state index contributed by atoms with van der Waals surface area (Å²) in [7, 11) is 0. The predicted molar refractivity (Wildman–Crippen MR) is 97.9 cm³/mol. The maximum absolute atomic E-state index is 10.3. The summed E-state index contributed by atoms with van der Waals surface area (Å²) >= 11 is 1.76. The van der Waals surface area contributed by atoms with Gasteiger partial charge in [0.2, 0.25) is 0 Å². The largest absolute Gasteiger partial charge is 0.508 e. The molecule has 1 aliphatic heterocycles. The smallest absolute Gasteiger partial charge is 0.120 e. The lowest BCUT2D eigenvalue weighted by atomic mass is 9.99. The van der Waals surface area contributed by atoms with Crippen molar-refractivity contribution in [3.8, 4) is 5.75 Å².